The molecular weight excluding hydrogens is 588 g/mol. The SMILES string of the molecule is Nc1nc(/C(=N/OC2(C(=O)O)CCCC2)C(=O)N[C@@H]2C(=O)N3C(C(=O)O)=C(CSc4nnnn4N)CS[C@H]23)cs1. The fourth-order valence-electron chi connectivity index (χ4n) is 4.46. The average molecular weight is 611 g/mol. The van der Waals surface area contributed by atoms with Gasteiger partial charge in [-0.25, -0.2) is 14.6 Å². The lowest BCUT2D eigenvalue weighted by molar-refractivity contribution is -0.165. The van der Waals surface area contributed by atoms with Gasteiger partial charge in [0.2, 0.25) is 10.8 Å². The highest BCUT2D eigenvalue weighted by Crippen LogP contribution is 2.41. The summed E-state index contributed by atoms with van der Waals surface area (Å²) in [7, 11) is 0. The Kier molecular flexibility index (Phi) is 7.55. The van der Waals surface area contributed by atoms with Crippen molar-refractivity contribution in [3.8, 4) is 0 Å². The number of amides is 2. The monoisotopic (exact) mass is 610 g/mol. The molecule has 2 aliphatic heterocycles. The number of rotatable bonds is 10. The molecule has 3 aliphatic rings. The number of tetrazole rings is 1. The predicted molar refractivity (Wildman–Crippen MR) is 141 cm³/mol. The van der Waals surface area contributed by atoms with E-state index in [1.807, 2.05) is 0 Å². The van der Waals surface area contributed by atoms with Crippen molar-refractivity contribution in [1.82, 2.24) is 35.5 Å². The molecule has 40 heavy (non-hydrogen) atoms. The number of hydrogen-bond donors (Lipinski definition) is 5. The molecule has 2 atom stereocenters. The third-order valence-corrected chi connectivity index (χ3v) is 9.50. The fourth-order valence-corrected chi connectivity index (χ4v) is 7.29. The van der Waals surface area contributed by atoms with Crippen molar-refractivity contribution in [1.29, 1.82) is 0 Å². The molecule has 0 unspecified atom stereocenters. The van der Waals surface area contributed by atoms with Gasteiger partial charge in [-0.05, 0) is 28.8 Å². The smallest absolute Gasteiger partial charge is 0.352 e. The number of carbonyl (C=O) groups excluding carboxylic acids is 2. The van der Waals surface area contributed by atoms with Crippen LogP contribution in [0.15, 0.2) is 27.0 Å². The molecule has 5 rings (SSSR count). The number of carboxylic acids is 2. The van der Waals surface area contributed by atoms with E-state index in [-0.39, 0.29) is 51.7 Å². The van der Waals surface area contributed by atoms with Crippen molar-refractivity contribution in [3.05, 3.63) is 22.3 Å². The number of nitrogens with zero attached hydrogens (tertiary/aromatic N) is 7. The number of carboxylic acid groups (broad SMARTS) is 2. The van der Waals surface area contributed by atoms with E-state index in [0.717, 1.165) is 32.8 Å². The minimum absolute atomic E-state index is 0.0473. The standard InChI is InChI=1S/C20H22N10O7S3/c21-18-23-9(7-39-18)10(26-37-20(17(35)36)3-1-2-4-20)13(31)24-11-14(32)29-12(16(33)34)8(5-38-15(11)29)6-40-19-25-27-28-30(19)22/h7,11,15H,1-6,22H2,(H2,21,23)(H,24,31)(H,33,34)(H,35,36)/b26-10-/t11-,15-/m1/s1. The third-order valence-electron chi connectivity index (χ3n) is 6.47. The van der Waals surface area contributed by atoms with E-state index in [9.17, 15) is 29.4 Å². The van der Waals surface area contributed by atoms with E-state index < -0.39 is 40.8 Å². The Morgan fingerprint density at radius 1 is 1.30 bits per heavy atom. The minimum atomic E-state index is -1.57. The van der Waals surface area contributed by atoms with E-state index >= 15 is 0 Å². The molecule has 1 saturated carbocycles. The Labute approximate surface area is 237 Å². The second-order valence-electron chi connectivity index (χ2n) is 8.92. The number of hydrogen-bond acceptors (Lipinski definition) is 15. The summed E-state index contributed by atoms with van der Waals surface area (Å²) in [6, 6.07) is -1.07. The first-order chi connectivity index (χ1) is 19.1. The molecule has 2 aromatic heterocycles. The zero-order valence-corrected chi connectivity index (χ0v) is 22.9. The lowest BCUT2D eigenvalue weighted by Crippen LogP contribution is -2.71. The molecule has 7 N–H and O–H groups in total. The number of β-lactam (4-membered cyclic amide) rings is 1. The Hall–Kier alpha value is -3.91. The highest BCUT2D eigenvalue weighted by Gasteiger charge is 2.54. The van der Waals surface area contributed by atoms with Crippen molar-refractivity contribution in [2.45, 2.75) is 47.9 Å². The number of thioether (sulfide) groups is 2. The molecule has 1 aliphatic carbocycles. The number of thiazole rings is 1. The third kappa shape index (κ3) is 5.04. The first kappa shape index (κ1) is 27.6. The summed E-state index contributed by atoms with van der Waals surface area (Å²) < 4.78 is 0. The lowest BCUT2D eigenvalue weighted by atomic mass is 10.0. The van der Waals surface area contributed by atoms with Crippen LogP contribution in [-0.4, -0.2) is 98.4 Å². The van der Waals surface area contributed by atoms with Gasteiger partial charge in [0.25, 0.3) is 11.8 Å². The first-order valence-corrected chi connectivity index (χ1v) is 14.6. The second kappa shape index (κ2) is 10.9. The van der Waals surface area contributed by atoms with Gasteiger partial charge in [0.15, 0.2) is 10.8 Å². The molecule has 20 heteroatoms. The average Bonchev–Trinajstić information content (AvgIpc) is 3.67. The van der Waals surface area contributed by atoms with Gasteiger partial charge in [0.1, 0.15) is 22.8 Å². The van der Waals surface area contributed by atoms with Crippen LogP contribution in [0.1, 0.15) is 31.4 Å². The maximum absolute atomic E-state index is 13.3. The molecule has 1 saturated heterocycles. The maximum Gasteiger partial charge on any atom is 0.352 e. The predicted octanol–water partition coefficient (Wildman–Crippen LogP) is -0.925. The molecule has 0 aromatic carbocycles. The van der Waals surface area contributed by atoms with Crippen molar-refractivity contribution >= 4 is 69.5 Å². The quantitative estimate of drug-likeness (QED) is 0.0716. The van der Waals surface area contributed by atoms with Gasteiger partial charge in [-0.15, -0.1) is 27.9 Å². The first-order valence-electron chi connectivity index (χ1n) is 11.7. The van der Waals surface area contributed by atoms with Crippen LogP contribution in [0.3, 0.4) is 0 Å². The number of nitrogens with one attached hydrogen (secondary N) is 1. The zero-order chi connectivity index (χ0) is 28.6. The van der Waals surface area contributed by atoms with Crippen LogP contribution in [0.4, 0.5) is 5.13 Å². The number of aromatic nitrogens is 5. The Balaban J connectivity index is 1.34. The number of carbonyl (C=O) groups is 4. The molecule has 0 radical (unpaired) electrons. The molecule has 2 aromatic rings. The van der Waals surface area contributed by atoms with Crippen LogP contribution in [0, 0.1) is 0 Å². The summed E-state index contributed by atoms with van der Waals surface area (Å²) in [5, 5.41) is 37.9. The van der Waals surface area contributed by atoms with Gasteiger partial charge in [0, 0.05) is 29.7 Å². The van der Waals surface area contributed by atoms with Crippen molar-refractivity contribution in [2.75, 3.05) is 23.1 Å². The number of nitrogen functional groups attached to an aromatic ring is 2. The van der Waals surface area contributed by atoms with E-state index in [0.29, 0.717) is 18.4 Å². The van der Waals surface area contributed by atoms with E-state index in [4.69, 9.17) is 16.4 Å². The number of fused-ring (bicyclic) bond motifs is 1. The molecule has 212 valence electrons. The van der Waals surface area contributed by atoms with Gasteiger partial charge in [-0.3, -0.25) is 14.5 Å². The number of anilines is 1. The molecule has 2 fully saturated rings. The van der Waals surface area contributed by atoms with Crippen LogP contribution >= 0.6 is 34.9 Å². The van der Waals surface area contributed by atoms with Crippen molar-refractivity contribution in [3.63, 3.8) is 0 Å². The van der Waals surface area contributed by atoms with Gasteiger partial charge < -0.3 is 31.9 Å². The van der Waals surface area contributed by atoms with Crippen LogP contribution in [0.2, 0.25) is 0 Å². The van der Waals surface area contributed by atoms with E-state index in [1.54, 1.807) is 0 Å². The maximum atomic E-state index is 13.3. The summed E-state index contributed by atoms with van der Waals surface area (Å²) in [4.78, 5) is 62.0. The van der Waals surface area contributed by atoms with Crippen LogP contribution in [0.25, 0.3) is 0 Å². The number of oxime groups is 1. The van der Waals surface area contributed by atoms with Gasteiger partial charge in [0.05, 0.1) is 0 Å². The summed E-state index contributed by atoms with van der Waals surface area (Å²) in [5.74, 6) is 2.06. The molecular formula is C20H22N10O7S3. The molecule has 2 amide bonds. The highest BCUT2D eigenvalue weighted by atomic mass is 32.2. The van der Waals surface area contributed by atoms with E-state index in [2.05, 4.69) is 31.0 Å². The lowest BCUT2D eigenvalue weighted by Gasteiger charge is -2.49. The Bertz CT molecular complexity index is 1430. The van der Waals surface area contributed by atoms with Crippen LogP contribution < -0.4 is 16.9 Å². The van der Waals surface area contributed by atoms with Gasteiger partial charge in [-0.1, -0.05) is 22.0 Å². The number of nitrogens with two attached hydrogens (primary N) is 2. The van der Waals surface area contributed by atoms with Crippen molar-refractivity contribution in [2.24, 2.45) is 5.16 Å². The van der Waals surface area contributed by atoms with Crippen molar-refractivity contribution < 1.29 is 34.2 Å². The Morgan fingerprint density at radius 2 is 2.05 bits per heavy atom. The largest absolute Gasteiger partial charge is 0.478 e. The van der Waals surface area contributed by atoms with E-state index in [1.165, 1.54) is 17.1 Å². The number of aliphatic carboxylic acids is 2. The topological polar surface area (TPSA) is 254 Å². The van der Waals surface area contributed by atoms with Crippen LogP contribution in [0.5, 0.6) is 0 Å². The minimum Gasteiger partial charge on any atom is -0.478 e. The summed E-state index contributed by atoms with van der Waals surface area (Å²) in [6.45, 7) is 0. The van der Waals surface area contributed by atoms with Crippen LogP contribution in [-0.2, 0) is 24.0 Å². The summed E-state index contributed by atoms with van der Waals surface area (Å²) in [5.41, 5.74) is 4.12. The van der Waals surface area contributed by atoms with Gasteiger partial charge >= 0.3 is 11.9 Å². The molecule has 0 spiro atoms. The summed E-state index contributed by atoms with van der Waals surface area (Å²) >= 11 is 3.42. The highest BCUT2D eigenvalue weighted by molar-refractivity contribution is 8.01. The zero-order valence-electron chi connectivity index (χ0n) is 20.4. The summed E-state index contributed by atoms with van der Waals surface area (Å²) in [6.07, 6.45) is 1.70. The molecule has 17 nitrogen and oxygen atoms in total. The fraction of sp³-hybridized carbons (Fsp3) is 0.450. The Morgan fingerprint density at radius 3 is 2.65 bits per heavy atom. The molecule has 0 bridgehead atoms. The van der Waals surface area contributed by atoms with Gasteiger partial charge in [-0.2, -0.15) is 0 Å². The normalized spacial score (nSPS) is 22.1. The second-order valence-corrected chi connectivity index (χ2v) is 11.9. The molecule has 4 heterocycles.